The van der Waals surface area contributed by atoms with Crippen LogP contribution in [0.3, 0.4) is 0 Å². The van der Waals surface area contributed by atoms with Crippen molar-refractivity contribution in [3.8, 4) is 0 Å². The first-order valence-corrected chi connectivity index (χ1v) is 11.6. The highest BCUT2D eigenvalue weighted by Crippen LogP contribution is 2.36. The molecule has 3 heterocycles. The molecule has 0 unspecified atom stereocenters. The van der Waals surface area contributed by atoms with Gasteiger partial charge in [-0.25, -0.2) is 19.7 Å². The van der Waals surface area contributed by atoms with Crippen molar-refractivity contribution >= 4 is 58.2 Å². The summed E-state index contributed by atoms with van der Waals surface area (Å²) in [6.07, 6.45) is -1.70. The Balaban J connectivity index is 1.62. The van der Waals surface area contributed by atoms with Crippen LogP contribution in [0.25, 0.3) is 11.2 Å². The molecule has 3 aromatic rings. The van der Waals surface area contributed by atoms with Crippen LogP contribution in [0.4, 0.5) is 16.3 Å². The van der Waals surface area contributed by atoms with Gasteiger partial charge in [-0.3, -0.25) is 24.3 Å². The van der Waals surface area contributed by atoms with E-state index in [9.17, 15) is 19.2 Å². The lowest BCUT2D eigenvalue weighted by Gasteiger charge is -2.23. The molecule has 2 aromatic heterocycles. The number of nitrogens with one attached hydrogen (secondary N) is 2. The maximum atomic E-state index is 12.5. The van der Waals surface area contributed by atoms with Crippen LogP contribution >= 0.6 is 11.6 Å². The Hall–Kier alpha value is -4.30. The molecule has 2 N–H and O–H groups in total. The van der Waals surface area contributed by atoms with E-state index in [0.717, 1.165) is 0 Å². The number of urea groups is 1. The van der Waals surface area contributed by atoms with Crippen molar-refractivity contribution in [2.45, 2.75) is 45.3 Å². The fraction of sp³-hybridized carbons (Fsp3) is 0.348. The molecule has 1 aliphatic heterocycles. The first kappa shape index (κ1) is 26.8. The van der Waals surface area contributed by atoms with Crippen LogP contribution in [0.1, 0.15) is 27.0 Å². The molecule has 0 saturated carbocycles. The summed E-state index contributed by atoms with van der Waals surface area (Å²) in [4.78, 5) is 60.3. The van der Waals surface area contributed by atoms with Gasteiger partial charge in [-0.05, 0) is 24.3 Å². The first-order chi connectivity index (χ1) is 18.1. The number of anilines is 2. The molecule has 15 heteroatoms. The molecular weight excluding hydrogens is 524 g/mol. The lowest BCUT2D eigenvalue weighted by atomic mass is 10.1. The van der Waals surface area contributed by atoms with Gasteiger partial charge in [-0.15, -0.1) is 0 Å². The molecule has 0 bridgehead atoms. The number of imidazole rings is 1. The largest absolute Gasteiger partial charge is 0.463 e. The third-order valence-corrected chi connectivity index (χ3v) is 5.56. The zero-order valence-corrected chi connectivity index (χ0v) is 21.2. The number of carbonyl (C=O) groups is 4. The molecule has 4 atom stereocenters. The summed E-state index contributed by atoms with van der Waals surface area (Å²) in [5.74, 6) is -1.79. The van der Waals surface area contributed by atoms with Crippen molar-refractivity contribution in [2.75, 3.05) is 17.2 Å². The molecule has 4 rings (SSSR count). The number of halogens is 1. The molecular formula is C23H23ClN6O8. The average molecular weight is 547 g/mol. The molecule has 38 heavy (non-hydrogen) atoms. The summed E-state index contributed by atoms with van der Waals surface area (Å²) < 4.78 is 23.3. The minimum absolute atomic E-state index is 0.0928. The predicted octanol–water partition coefficient (Wildman–Crippen LogP) is 2.45. The molecule has 1 aromatic carbocycles. The molecule has 1 saturated heterocycles. The minimum atomic E-state index is -1.13. The number of aromatic nitrogens is 4. The molecule has 2 amide bonds. The molecule has 0 aliphatic carbocycles. The smallest absolute Gasteiger partial charge is 0.324 e. The van der Waals surface area contributed by atoms with E-state index in [0.29, 0.717) is 10.7 Å². The van der Waals surface area contributed by atoms with Gasteiger partial charge in [0.25, 0.3) is 0 Å². The molecule has 1 fully saturated rings. The Bertz CT molecular complexity index is 1360. The minimum Gasteiger partial charge on any atom is -0.463 e. The standard InChI is InChI=1S/C23H23ClN6O8/c1-11(31)35-8-16-18(36-12(2)32)19(37-13(3)33)22(38-16)30-10-27-17-20(25-9-26-21(17)30)29-23(34)28-15-6-4-14(24)5-7-15/h4-7,9-10,16,18-19,22H,8H2,1-3H3,(H2,25,26,28,29,34)/t16-,18-,19-,22-/m1/s1. The van der Waals surface area contributed by atoms with Crippen molar-refractivity contribution in [2.24, 2.45) is 0 Å². The third kappa shape index (κ3) is 6.15. The number of fused-ring (bicyclic) bond motifs is 1. The van der Waals surface area contributed by atoms with E-state index in [4.69, 9.17) is 30.5 Å². The van der Waals surface area contributed by atoms with Crippen molar-refractivity contribution in [1.29, 1.82) is 0 Å². The third-order valence-electron chi connectivity index (χ3n) is 5.31. The van der Waals surface area contributed by atoms with Gasteiger partial charge in [0.1, 0.15) is 19.0 Å². The number of esters is 3. The Kier molecular flexibility index (Phi) is 8.02. The topological polar surface area (TPSA) is 173 Å². The second-order valence-corrected chi connectivity index (χ2v) is 8.58. The van der Waals surface area contributed by atoms with Crippen molar-refractivity contribution in [3.63, 3.8) is 0 Å². The number of hydrogen-bond acceptors (Lipinski definition) is 11. The quantitative estimate of drug-likeness (QED) is 0.329. The van der Waals surface area contributed by atoms with Gasteiger partial charge in [0.15, 0.2) is 35.4 Å². The highest BCUT2D eigenvalue weighted by atomic mass is 35.5. The van der Waals surface area contributed by atoms with Crippen molar-refractivity contribution in [3.05, 3.63) is 41.9 Å². The lowest BCUT2D eigenvalue weighted by molar-refractivity contribution is -0.166. The monoisotopic (exact) mass is 546 g/mol. The van der Waals surface area contributed by atoms with Gasteiger partial charge >= 0.3 is 23.9 Å². The summed E-state index contributed by atoms with van der Waals surface area (Å²) in [6.45, 7) is 3.33. The zero-order chi connectivity index (χ0) is 27.4. The van der Waals surface area contributed by atoms with Crippen LogP contribution in [0.15, 0.2) is 36.9 Å². The Morgan fingerprint density at radius 2 is 1.63 bits per heavy atom. The van der Waals surface area contributed by atoms with Crippen LogP contribution < -0.4 is 10.6 Å². The average Bonchev–Trinajstić information content (AvgIpc) is 3.41. The number of rotatable bonds is 7. The van der Waals surface area contributed by atoms with Gasteiger partial charge in [-0.1, -0.05) is 11.6 Å². The normalized spacial score (nSPS) is 20.5. The number of hydrogen-bond donors (Lipinski definition) is 2. The van der Waals surface area contributed by atoms with E-state index >= 15 is 0 Å². The molecule has 0 radical (unpaired) electrons. The highest BCUT2D eigenvalue weighted by Gasteiger charge is 2.51. The van der Waals surface area contributed by atoms with Gasteiger partial charge in [0.2, 0.25) is 0 Å². The molecule has 1 aliphatic rings. The number of nitrogens with zero attached hydrogens (tertiary/aromatic N) is 4. The second kappa shape index (κ2) is 11.4. The molecule has 200 valence electrons. The summed E-state index contributed by atoms with van der Waals surface area (Å²) in [5.41, 5.74) is 0.928. The zero-order valence-electron chi connectivity index (χ0n) is 20.4. The van der Waals surface area contributed by atoms with E-state index in [1.54, 1.807) is 24.3 Å². The maximum absolute atomic E-state index is 12.5. The van der Waals surface area contributed by atoms with Crippen molar-refractivity contribution < 1.29 is 38.1 Å². The maximum Gasteiger partial charge on any atom is 0.324 e. The van der Waals surface area contributed by atoms with Gasteiger partial charge in [0.05, 0.1) is 6.33 Å². The van der Waals surface area contributed by atoms with E-state index in [1.807, 2.05) is 0 Å². The van der Waals surface area contributed by atoms with E-state index in [-0.39, 0.29) is 23.6 Å². The first-order valence-electron chi connectivity index (χ1n) is 11.3. The van der Waals surface area contributed by atoms with Crippen molar-refractivity contribution in [1.82, 2.24) is 19.5 Å². The number of amides is 2. The summed E-state index contributed by atoms with van der Waals surface area (Å²) >= 11 is 5.87. The van der Waals surface area contributed by atoms with Gasteiger partial charge in [-0.2, -0.15) is 0 Å². The molecule has 0 spiro atoms. The summed E-state index contributed by atoms with van der Waals surface area (Å²) in [6, 6.07) is 5.92. The second-order valence-electron chi connectivity index (χ2n) is 8.15. The number of ether oxygens (including phenoxy) is 4. The Morgan fingerprint density at radius 1 is 0.947 bits per heavy atom. The Morgan fingerprint density at radius 3 is 2.29 bits per heavy atom. The molecule has 14 nitrogen and oxygen atoms in total. The van der Waals surface area contributed by atoms with Crippen LogP contribution in [0.5, 0.6) is 0 Å². The number of benzene rings is 1. The van der Waals surface area contributed by atoms with Crippen LogP contribution in [0.2, 0.25) is 5.02 Å². The fourth-order valence-corrected chi connectivity index (χ4v) is 3.98. The lowest BCUT2D eigenvalue weighted by Crippen LogP contribution is -2.40. The van der Waals surface area contributed by atoms with E-state index < -0.39 is 48.5 Å². The van der Waals surface area contributed by atoms with E-state index in [1.165, 1.54) is 38.0 Å². The SMILES string of the molecule is CC(=O)OC[C@H]1O[C@@H](n2cnc3c(NC(=O)Nc4ccc(Cl)cc4)ncnc32)[C@H](OC(C)=O)[C@@H]1OC(C)=O. The van der Waals surface area contributed by atoms with Crippen LogP contribution in [-0.4, -0.2) is 68.4 Å². The summed E-state index contributed by atoms with van der Waals surface area (Å²) in [5, 5.41) is 5.78. The van der Waals surface area contributed by atoms with Crippen LogP contribution in [0, 0.1) is 0 Å². The van der Waals surface area contributed by atoms with Gasteiger partial charge < -0.3 is 24.3 Å². The van der Waals surface area contributed by atoms with E-state index in [2.05, 4.69) is 25.6 Å². The fourth-order valence-electron chi connectivity index (χ4n) is 3.85. The highest BCUT2D eigenvalue weighted by molar-refractivity contribution is 6.30. The Labute approximate surface area is 220 Å². The predicted molar refractivity (Wildman–Crippen MR) is 131 cm³/mol. The van der Waals surface area contributed by atoms with Gasteiger partial charge in [0, 0.05) is 31.5 Å². The number of carbonyl (C=O) groups excluding carboxylic acids is 4. The summed E-state index contributed by atoms with van der Waals surface area (Å²) in [7, 11) is 0. The van der Waals surface area contributed by atoms with Crippen LogP contribution in [-0.2, 0) is 33.3 Å².